The molecule has 2 heterocycles. The van der Waals surface area contributed by atoms with Gasteiger partial charge in [-0.1, -0.05) is 6.07 Å². The van der Waals surface area contributed by atoms with Gasteiger partial charge >= 0.3 is 11.9 Å². The van der Waals surface area contributed by atoms with Crippen molar-refractivity contribution in [2.75, 3.05) is 17.6 Å². The molecule has 0 saturated heterocycles. The molecule has 1 aromatic heterocycles. The van der Waals surface area contributed by atoms with Gasteiger partial charge in [-0.05, 0) is 29.7 Å². The number of hydrogen-bond acceptors (Lipinski definition) is 5. The van der Waals surface area contributed by atoms with Crippen molar-refractivity contribution < 1.29 is 19.8 Å². The third-order valence-corrected chi connectivity index (χ3v) is 3.78. The van der Waals surface area contributed by atoms with E-state index in [1.54, 1.807) is 18.2 Å². The van der Waals surface area contributed by atoms with Gasteiger partial charge in [0.2, 0.25) is 0 Å². The maximum absolute atomic E-state index is 12.0. The van der Waals surface area contributed by atoms with Crippen LogP contribution in [0.3, 0.4) is 0 Å². The standard InChI is InChI=1S/C15H13N3O5/c16-12-10(14(20)21)9(11(15(22)23)13(19)18-12)7-1-2-8-6(5-7)3-4-17-8/h1-2,5,17H,3-4H2,(H,20,21)(H,22,23)(H3,16,18,19). The van der Waals surface area contributed by atoms with E-state index in [2.05, 4.69) is 10.3 Å². The van der Waals surface area contributed by atoms with Crippen molar-refractivity contribution >= 4 is 23.4 Å². The molecule has 0 amide bonds. The van der Waals surface area contributed by atoms with Crippen LogP contribution >= 0.6 is 0 Å². The van der Waals surface area contributed by atoms with Crippen LogP contribution in [0.2, 0.25) is 0 Å². The second-order valence-corrected chi connectivity index (χ2v) is 5.15. The zero-order chi connectivity index (χ0) is 16.7. The molecule has 0 unspecified atom stereocenters. The monoisotopic (exact) mass is 315 g/mol. The molecule has 1 aliphatic rings. The fourth-order valence-corrected chi connectivity index (χ4v) is 2.80. The third kappa shape index (κ3) is 2.30. The number of hydrogen-bond donors (Lipinski definition) is 5. The molecule has 0 radical (unpaired) electrons. The summed E-state index contributed by atoms with van der Waals surface area (Å²) in [5.41, 5.74) is 5.59. The van der Waals surface area contributed by atoms with Gasteiger partial charge in [-0.3, -0.25) is 4.79 Å². The zero-order valence-electron chi connectivity index (χ0n) is 11.8. The molecule has 6 N–H and O–H groups in total. The zero-order valence-corrected chi connectivity index (χ0v) is 11.8. The van der Waals surface area contributed by atoms with Gasteiger partial charge < -0.3 is 26.2 Å². The number of anilines is 2. The van der Waals surface area contributed by atoms with Crippen molar-refractivity contribution in [3.05, 3.63) is 45.2 Å². The number of H-pyrrole nitrogens is 1. The number of nitrogens with two attached hydrogens (primary N) is 1. The van der Waals surface area contributed by atoms with E-state index in [-0.39, 0.29) is 11.4 Å². The van der Waals surface area contributed by atoms with Crippen LogP contribution in [0.1, 0.15) is 26.3 Å². The second kappa shape index (κ2) is 5.16. The van der Waals surface area contributed by atoms with Crippen LogP contribution in [0.5, 0.6) is 0 Å². The molecule has 0 bridgehead atoms. The molecule has 0 saturated carbocycles. The highest BCUT2D eigenvalue weighted by atomic mass is 16.4. The lowest BCUT2D eigenvalue weighted by Gasteiger charge is -2.13. The number of fused-ring (bicyclic) bond motifs is 1. The molecule has 0 aliphatic carbocycles. The maximum atomic E-state index is 12.0. The first kappa shape index (κ1) is 14.6. The number of aromatic amines is 1. The van der Waals surface area contributed by atoms with E-state index >= 15 is 0 Å². The molecule has 8 nitrogen and oxygen atoms in total. The van der Waals surface area contributed by atoms with Gasteiger partial charge in [-0.2, -0.15) is 0 Å². The summed E-state index contributed by atoms with van der Waals surface area (Å²) in [4.78, 5) is 37.0. The Bertz CT molecular complexity index is 901. The first-order chi connectivity index (χ1) is 10.9. The molecule has 2 aromatic rings. The maximum Gasteiger partial charge on any atom is 0.342 e. The van der Waals surface area contributed by atoms with E-state index in [4.69, 9.17) is 5.73 Å². The Kier molecular flexibility index (Phi) is 3.29. The topological polar surface area (TPSA) is 146 Å². The molecule has 0 spiro atoms. The summed E-state index contributed by atoms with van der Waals surface area (Å²) in [6.45, 7) is 0.744. The summed E-state index contributed by atoms with van der Waals surface area (Å²) in [7, 11) is 0. The Hall–Kier alpha value is -3.29. The van der Waals surface area contributed by atoms with Crippen LogP contribution in [-0.4, -0.2) is 33.7 Å². The summed E-state index contributed by atoms with van der Waals surface area (Å²) in [6.07, 6.45) is 0.729. The Labute approximate surface area is 129 Å². The molecular weight excluding hydrogens is 302 g/mol. The minimum atomic E-state index is -1.51. The van der Waals surface area contributed by atoms with Crippen LogP contribution in [-0.2, 0) is 6.42 Å². The molecule has 1 aromatic carbocycles. The number of pyridine rings is 1. The lowest BCUT2D eigenvalue weighted by Crippen LogP contribution is -2.24. The predicted molar refractivity (Wildman–Crippen MR) is 83.0 cm³/mol. The van der Waals surface area contributed by atoms with Gasteiger partial charge in [0, 0.05) is 17.8 Å². The van der Waals surface area contributed by atoms with Crippen molar-refractivity contribution in [3.8, 4) is 11.1 Å². The van der Waals surface area contributed by atoms with Crippen LogP contribution in [0.4, 0.5) is 11.5 Å². The smallest absolute Gasteiger partial charge is 0.342 e. The average molecular weight is 315 g/mol. The summed E-state index contributed by atoms with van der Waals surface area (Å²) >= 11 is 0. The Balaban J connectivity index is 2.39. The van der Waals surface area contributed by atoms with E-state index in [1.807, 2.05) is 0 Å². The van der Waals surface area contributed by atoms with E-state index in [0.717, 1.165) is 24.2 Å². The van der Waals surface area contributed by atoms with Crippen molar-refractivity contribution in [2.45, 2.75) is 6.42 Å². The SMILES string of the molecule is Nc1[nH]c(=O)c(C(=O)O)c(-c2ccc3c(c2)CCN3)c1C(=O)O. The molecule has 8 heteroatoms. The average Bonchev–Trinajstić information content (AvgIpc) is 2.92. The quantitative estimate of drug-likeness (QED) is 0.567. The van der Waals surface area contributed by atoms with Crippen molar-refractivity contribution in [2.24, 2.45) is 0 Å². The van der Waals surface area contributed by atoms with E-state index in [1.165, 1.54) is 0 Å². The molecule has 0 atom stereocenters. The van der Waals surface area contributed by atoms with Crippen LogP contribution in [0.15, 0.2) is 23.0 Å². The summed E-state index contributed by atoms with van der Waals surface area (Å²) < 4.78 is 0. The second-order valence-electron chi connectivity index (χ2n) is 5.15. The van der Waals surface area contributed by atoms with Gasteiger partial charge in [0.25, 0.3) is 5.56 Å². The van der Waals surface area contributed by atoms with Gasteiger partial charge in [0.1, 0.15) is 16.9 Å². The number of nitrogens with one attached hydrogen (secondary N) is 2. The summed E-state index contributed by atoms with van der Waals surface area (Å²) in [5.74, 6) is -3.29. The highest BCUT2D eigenvalue weighted by Crippen LogP contribution is 2.33. The lowest BCUT2D eigenvalue weighted by molar-refractivity contribution is 0.0695. The minimum Gasteiger partial charge on any atom is -0.478 e. The molecule has 23 heavy (non-hydrogen) atoms. The summed E-state index contributed by atoms with van der Waals surface area (Å²) in [5, 5.41) is 21.9. The van der Waals surface area contributed by atoms with E-state index in [9.17, 15) is 24.6 Å². The normalized spacial score (nSPS) is 12.5. The highest BCUT2D eigenvalue weighted by molar-refractivity contribution is 6.07. The molecule has 1 aliphatic heterocycles. The van der Waals surface area contributed by atoms with Crippen molar-refractivity contribution in [1.82, 2.24) is 4.98 Å². The van der Waals surface area contributed by atoms with Gasteiger partial charge in [-0.25, -0.2) is 9.59 Å². The van der Waals surface area contributed by atoms with E-state index < -0.39 is 28.6 Å². The van der Waals surface area contributed by atoms with Crippen molar-refractivity contribution in [1.29, 1.82) is 0 Å². The number of nitrogen functional groups attached to an aromatic ring is 1. The molecule has 3 rings (SSSR count). The number of benzene rings is 1. The predicted octanol–water partition coefficient (Wildman–Crippen LogP) is 0.988. The number of carboxylic acids is 2. The molecule has 118 valence electrons. The van der Waals surface area contributed by atoms with Crippen LogP contribution in [0, 0.1) is 0 Å². The van der Waals surface area contributed by atoms with E-state index in [0.29, 0.717) is 5.56 Å². The Morgan fingerprint density at radius 1 is 1.13 bits per heavy atom. The van der Waals surface area contributed by atoms with Gasteiger partial charge in [0.05, 0.1) is 0 Å². The van der Waals surface area contributed by atoms with Gasteiger partial charge in [0.15, 0.2) is 0 Å². The van der Waals surface area contributed by atoms with Crippen LogP contribution < -0.4 is 16.6 Å². The Morgan fingerprint density at radius 3 is 2.48 bits per heavy atom. The Morgan fingerprint density at radius 2 is 1.83 bits per heavy atom. The third-order valence-electron chi connectivity index (χ3n) is 3.78. The fourth-order valence-electron chi connectivity index (χ4n) is 2.80. The fraction of sp³-hybridized carbons (Fsp3) is 0.133. The molecule has 0 fully saturated rings. The first-order valence-corrected chi connectivity index (χ1v) is 6.79. The summed E-state index contributed by atoms with van der Waals surface area (Å²) in [6, 6.07) is 4.99. The molecular formula is C15H13N3O5. The van der Waals surface area contributed by atoms with Gasteiger partial charge in [-0.15, -0.1) is 0 Å². The van der Waals surface area contributed by atoms with Crippen molar-refractivity contribution in [3.63, 3.8) is 0 Å². The number of aromatic carboxylic acids is 2. The number of carbonyl (C=O) groups is 2. The minimum absolute atomic E-state index is 0.180. The first-order valence-electron chi connectivity index (χ1n) is 6.79. The number of aromatic nitrogens is 1. The number of rotatable bonds is 3. The number of carboxylic acid groups (broad SMARTS) is 2. The largest absolute Gasteiger partial charge is 0.478 e. The van der Waals surface area contributed by atoms with Crippen LogP contribution in [0.25, 0.3) is 11.1 Å². The lowest BCUT2D eigenvalue weighted by atomic mass is 9.94. The highest BCUT2D eigenvalue weighted by Gasteiger charge is 2.27.